The maximum Gasteiger partial charge on any atom is 0.325 e. The Labute approximate surface area is 193 Å². The van der Waals surface area contributed by atoms with Crippen LogP contribution in [0.3, 0.4) is 0 Å². The van der Waals surface area contributed by atoms with Crippen LogP contribution in [0.1, 0.15) is 48.5 Å². The average Bonchev–Trinajstić information content (AvgIpc) is 3.38. The number of nitrogens with zero attached hydrogens (tertiary/aromatic N) is 1. The number of hydrogen-bond acceptors (Lipinski definition) is 4. The second-order valence-electron chi connectivity index (χ2n) is 8.39. The Bertz CT molecular complexity index is 906. The number of carbonyl (C=O) groups is 3. The van der Waals surface area contributed by atoms with Gasteiger partial charge in [-0.1, -0.05) is 73.5 Å². The normalized spacial score (nSPS) is 17.2. The van der Waals surface area contributed by atoms with E-state index in [1.54, 1.807) is 11.8 Å². The minimum atomic E-state index is -0.666. The van der Waals surface area contributed by atoms with Crippen LogP contribution in [-0.2, 0) is 9.59 Å². The molecule has 0 aromatic heterocycles. The first kappa shape index (κ1) is 22.4. The largest absolute Gasteiger partial charge is 0.355 e. The number of hydrogen-bond donors (Lipinski definition) is 2. The van der Waals surface area contributed by atoms with Crippen molar-refractivity contribution in [3.8, 4) is 0 Å². The third kappa shape index (κ3) is 4.99. The van der Waals surface area contributed by atoms with Crippen LogP contribution in [0.5, 0.6) is 0 Å². The van der Waals surface area contributed by atoms with E-state index in [1.165, 1.54) is 4.90 Å². The second-order valence-corrected chi connectivity index (χ2v) is 9.49. The van der Waals surface area contributed by atoms with Crippen molar-refractivity contribution in [1.29, 1.82) is 0 Å². The molecule has 4 amide bonds. The molecule has 1 saturated heterocycles. The fourth-order valence-electron chi connectivity index (χ4n) is 4.51. The lowest BCUT2D eigenvalue weighted by molar-refractivity contribution is -0.131. The van der Waals surface area contributed by atoms with E-state index in [4.69, 9.17) is 0 Å². The predicted molar refractivity (Wildman–Crippen MR) is 126 cm³/mol. The van der Waals surface area contributed by atoms with Crippen LogP contribution >= 0.6 is 11.8 Å². The summed E-state index contributed by atoms with van der Waals surface area (Å²) in [6.07, 6.45) is 3.95. The van der Waals surface area contributed by atoms with E-state index in [9.17, 15) is 14.4 Å². The topological polar surface area (TPSA) is 78.5 Å². The molecule has 0 radical (unpaired) electrons. The minimum Gasteiger partial charge on any atom is -0.355 e. The van der Waals surface area contributed by atoms with Crippen LogP contribution in [0.4, 0.5) is 4.79 Å². The lowest BCUT2D eigenvalue weighted by Gasteiger charge is -2.20. The van der Waals surface area contributed by atoms with Crippen molar-refractivity contribution >= 4 is 29.6 Å². The molecule has 2 fully saturated rings. The molecule has 6 nitrogen and oxygen atoms in total. The van der Waals surface area contributed by atoms with Gasteiger partial charge >= 0.3 is 6.03 Å². The molecule has 32 heavy (non-hydrogen) atoms. The SMILES string of the molecule is O=C(CSC(c1ccccc1)c1ccccc1)NCCCN1C(=O)NC2(CCCC2)C1=O. The molecule has 1 spiro atoms. The Balaban J connectivity index is 1.24. The van der Waals surface area contributed by atoms with E-state index in [-0.39, 0.29) is 23.1 Å². The molecule has 0 unspecified atom stereocenters. The minimum absolute atomic E-state index is 0.0451. The van der Waals surface area contributed by atoms with Crippen molar-refractivity contribution in [3.63, 3.8) is 0 Å². The quantitative estimate of drug-likeness (QED) is 0.448. The van der Waals surface area contributed by atoms with Crippen LogP contribution in [0, 0.1) is 0 Å². The van der Waals surface area contributed by atoms with Crippen molar-refractivity contribution < 1.29 is 14.4 Å². The number of carbonyl (C=O) groups excluding carboxylic acids is 3. The van der Waals surface area contributed by atoms with Gasteiger partial charge in [-0.25, -0.2) is 4.79 Å². The molecule has 7 heteroatoms. The molecule has 2 aromatic rings. The molecule has 168 valence electrons. The Kier molecular flexibility index (Phi) is 7.15. The van der Waals surface area contributed by atoms with Crippen LogP contribution in [0.15, 0.2) is 60.7 Å². The summed E-state index contributed by atoms with van der Waals surface area (Å²) in [7, 11) is 0. The maximum absolute atomic E-state index is 12.7. The molecule has 0 atom stereocenters. The highest BCUT2D eigenvalue weighted by molar-refractivity contribution is 8.00. The molecule has 2 aromatic carbocycles. The van der Waals surface area contributed by atoms with Gasteiger partial charge in [0.2, 0.25) is 5.91 Å². The number of imide groups is 1. The second kappa shape index (κ2) is 10.2. The number of thioether (sulfide) groups is 1. The third-order valence-electron chi connectivity index (χ3n) is 6.17. The lowest BCUT2D eigenvalue weighted by Crippen LogP contribution is -2.44. The number of rotatable bonds is 9. The smallest absolute Gasteiger partial charge is 0.325 e. The fraction of sp³-hybridized carbons (Fsp3) is 0.400. The summed E-state index contributed by atoms with van der Waals surface area (Å²) < 4.78 is 0. The predicted octanol–water partition coefficient (Wildman–Crippen LogP) is 3.88. The van der Waals surface area contributed by atoms with E-state index in [0.29, 0.717) is 25.3 Å². The van der Waals surface area contributed by atoms with Gasteiger partial charge in [0.1, 0.15) is 5.54 Å². The van der Waals surface area contributed by atoms with Crippen LogP contribution < -0.4 is 10.6 Å². The molecule has 2 N–H and O–H groups in total. The first-order valence-electron chi connectivity index (χ1n) is 11.2. The maximum atomic E-state index is 12.7. The van der Waals surface area contributed by atoms with E-state index < -0.39 is 5.54 Å². The monoisotopic (exact) mass is 451 g/mol. The molecule has 1 saturated carbocycles. The molecule has 0 bridgehead atoms. The standard InChI is InChI=1S/C25H29N3O3S/c29-21(18-32-22(19-10-3-1-4-11-19)20-12-5-2-6-13-20)26-16-9-17-28-23(30)25(27-24(28)31)14-7-8-15-25/h1-6,10-13,22H,7-9,14-18H2,(H,26,29)(H,27,31). The fourth-order valence-corrected chi connectivity index (χ4v) is 5.63. The van der Waals surface area contributed by atoms with Gasteiger partial charge in [0.25, 0.3) is 5.91 Å². The number of benzene rings is 2. The number of amides is 4. The van der Waals surface area contributed by atoms with Gasteiger partial charge in [-0.15, -0.1) is 11.8 Å². The lowest BCUT2D eigenvalue weighted by atomic mass is 9.98. The summed E-state index contributed by atoms with van der Waals surface area (Å²) >= 11 is 1.59. The van der Waals surface area contributed by atoms with E-state index in [2.05, 4.69) is 34.9 Å². The highest BCUT2D eigenvalue weighted by Gasteiger charge is 2.51. The molecular formula is C25H29N3O3S. The van der Waals surface area contributed by atoms with Crippen LogP contribution in [-0.4, -0.2) is 47.1 Å². The Morgan fingerprint density at radius 1 is 1.00 bits per heavy atom. The summed E-state index contributed by atoms with van der Waals surface area (Å²) in [5.41, 5.74) is 1.66. The highest BCUT2D eigenvalue weighted by Crippen LogP contribution is 2.36. The summed E-state index contributed by atoms with van der Waals surface area (Å²) in [4.78, 5) is 38.7. The Morgan fingerprint density at radius 2 is 1.59 bits per heavy atom. The summed E-state index contributed by atoms with van der Waals surface area (Å²) in [5.74, 6) is 0.188. The van der Waals surface area contributed by atoms with Gasteiger partial charge in [-0.05, 0) is 30.4 Å². The van der Waals surface area contributed by atoms with Crippen molar-refractivity contribution in [2.24, 2.45) is 0 Å². The van der Waals surface area contributed by atoms with E-state index in [1.807, 2.05) is 36.4 Å². The van der Waals surface area contributed by atoms with E-state index in [0.717, 1.165) is 36.8 Å². The van der Waals surface area contributed by atoms with Gasteiger partial charge in [0, 0.05) is 13.1 Å². The Hall–Kier alpha value is -2.80. The van der Waals surface area contributed by atoms with Gasteiger partial charge in [-0.2, -0.15) is 0 Å². The van der Waals surface area contributed by atoms with Crippen molar-refractivity contribution in [1.82, 2.24) is 15.5 Å². The summed E-state index contributed by atoms with van der Waals surface area (Å²) in [6.45, 7) is 0.765. The molecular weight excluding hydrogens is 422 g/mol. The summed E-state index contributed by atoms with van der Waals surface area (Å²) in [5, 5.41) is 5.90. The van der Waals surface area contributed by atoms with Crippen molar-refractivity contribution in [2.75, 3.05) is 18.8 Å². The third-order valence-corrected chi connectivity index (χ3v) is 7.48. The first-order valence-corrected chi connectivity index (χ1v) is 12.3. The van der Waals surface area contributed by atoms with Gasteiger partial charge in [0.15, 0.2) is 0 Å². The highest BCUT2D eigenvalue weighted by atomic mass is 32.2. The zero-order valence-corrected chi connectivity index (χ0v) is 18.9. The number of urea groups is 1. The molecule has 2 aliphatic rings. The van der Waals surface area contributed by atoms with Crippen molar-refractivity contribution in [2.45, 2.75) is 42.9 Å². The van der Waals surface area contributed by atoms with Crippen LogP contribution in [0.25, 0.3) is 0 Å². The Morgan fingerprint density at radius 3 is 2.19 bits per heavy atom. The zero-order valence-electron chi connectivity index (χ0n) is 18.1. The van der Waals surface area contributed by atoms with Gasteiger partial charge < -0.3 is 10.6 Å². The van der Waals surface area contributed by atoms with Gasteiger partial charge in [0.05, 0.1) is 11.0 Å². The first-order chi connectivity index (χ1) is 15.6. The van der Waals surface area contributed by atoms with Crippen molar-refractivity contribution in [3.05, 3.63) is 71.8 Å². The van der Waals surface area contributed by atoms with Crippen LogP contribution in [0.2, 0.25) is 0 Å². The number of nitrogens with one attached hydrogen (secondary N) is 2. The average molecular weight is 452 g/mol. The molecule has 1 aliphatic carbocycles. The van der Waals surface area contributed by atoms with Gasteiger partial charge in [-0.3, -0.25) is 14.5 Å². The zero-order chi connectivity index (χ0) is 22.4. The summed E-state index contributed by atoms with van der Waals surface area (Å²) in [6, 6.07) is 20.0. The van der Waals surface area contributed by atoms with E-state index >= 15 is 0 Å². The molecule has 4 rings (SSSR count). The molecule has 1 aliphatic heterocycles. The molecule has 1 heterocycles.